The van der Waals surface area contributed by atoms with Crippen LogP contribution in [0.1, 0.15) is 33.1 Å². The van der Waals surface area contributed by atoms with E-state index in [1.54, 1.807) is 0 Å². The summed E-state index contributed by atoms with van der Waals surface area (Å²) in [5.41, 5.74) is 0. The zero-order valence-electron chi connectivity index (χ0n) is 12.3. The summed E-state index contributed by atoms with van der Waals surface area (Å²) in [5, 5.41) is 9.92. The van der Waals surface area contributed by atoms with E-state index in [1.165, 1.54) is 0 Å². The van der Waals surface area contributed by atoms with Crippen molar-refractivity contribution >= 4 is 5.91 Å². The predicted molar refractivity (Wildman–Crippen MR) is 77.9 cm³/mol. The number of hydrogen-bond acceptors (Lipinski definition) is 3. The molecule has 0 aromatic heterocycles. The second-order valence-electron chi connectivity index (χ2n) is 5.65. The van der Waals surface area contributed by atoms with Crippen molar-refractivity contribution in [3.63, 3.8) is 0 Å². The van der Waals surface area contributed by atoms with Crippen LogP contribution in [-0.2, 0) is 4.79 Å². The Morgan fingerprint density at radius 3 is 2.68 bits per heavy atom. The monoisotopic (exact) mass is 268 g/mol. The van der Waals surface area contributed by atoms with Crippen molar-refractivity contribution in [1.29, 1.82) is 0 Å². The summed E-state index contributed by atoms with van der Waals surface area (Å²) in [6.45, 7) is 11.7. The first-order valence-electron chi connectivity index (χ1n) is 7.34. The first-order chi connectivity index (χ1) is 9.04. The third-order valence-corrected chi connectivity index (χ3v) is 3.57. The Balaban J connectivity index is 2.37. The quantitative estimate of drug-likeness (QED) is 0.743. The van der Waals surface area contributed by atoms with Crippen molar-refractivity contribution in [2.45, 2.75) is 39.2 Å². The van der Waals surface area contributed by atoms with E-state index >= 15 is 0 Å². The van der Waals surface area contributed by atoms with Crippen molar-refractivity contribution in [2.75, 3.05) is 32.7 Å². The third-order valence-electron chi connectivity index (χ3n) is 3.57. The van der Waals surface area contributed by atoms with Crippen LogP contribution in [0.5, 0.6) is 0 Å². The van der Waals surface area contributed by atoms with Crippen LogP contribution < -0.4 is 0 Å². The molecule has 0 aromatic rings. The van der Waals surface area contributed by atoms with Crippen LogP contribution in [0.4, 0.5) is 0 Å². The fourth-order valence-electron chi connectivity index (χ4n) is 2.44. The molecular formula is C15H28N2O2. The van der Waals surface area contributed by atoms with Gasteiger partial charge in [0.25, 0.3) is 0 Å². The molecule has 1 N–H and O–H groups in total. The molecule has 1 amide bonds. The summed E-state index contributed by atoms with van der Waals surface area (Å²) in [6, 6.07) is 0. The summed E-state index contributed by atoms with van der Waals surface area (Å²) >= 11 is 0. The maximum Gasteiger partial charge on any atom is 0.225 e. The van der Waals surface area contributed by atoms with Crippen LogP contribution in [0.3, 0.4) is 0 Å². The molecule has 110 valence electrons. The van der Waals surface area contributed by atoms with Crippen molar-refractivity contribution in [3.8, 4) is 0 Å². The molecule has 1 aliphatic heterocycles. The maximum atomic E-state index is 12.0. The lowest BCUT2D eigenvalue weighted by Gasteiger charge is -2.24. The molecule has 4 heteroatoms. The minimum absolute atomic E-state index is 0.0738. The molecule has 1 heterocycles. The number of β-amino-alcohol motifs (C(OH)–C–C–N with tert-alkyl or cyclic N) is 1. The fourth-order valence-corrected chi connectivity index (χ4v) is 2.44. The Bertz CT molecular complexity index is 292. The number of hydrogen-bond donors (Lipinski definition) is 1. The fraction of sp³-hybridized carbons (Fsp3) is 0.800. The van der Waals surface area contributed by atoms with Gasteiger partial charge in [-0.1, -0.05) is 19.9 Å². The first kappa shape index (κ1) is 16.2. The van der Waals surface area contributed by atoms with Gasteiger partial charge in [-0.15, -0.1) is 6.58 Å². The molecule has 0 bridgehead atoms. The molecule has 1 saturated heterocycles. The number of aliphatic hydroxyl groups excluding tert-OH is 1. The summed E-state index contributed by atoms with van der Waals surface area (Å²) in [7, 11) is 0. The molecule has 0 saturated carbocycles. The molecule has 0 spiro atoms. The number of nitrogens with zero attached hydrogens (tertiary/aromatic N) is 2. The van der Waals surface area contributed by atoms with E-state index in [9.17, 15) is 9.90 Å². The van der Waals surface area contributed by atoms with E-state index < -0.39 is 0 Å². The molecule has 19 heavy (non-hydrogen) atoms. The van der Waals surface area contributed by atoms with Gasteiger partial charge in [0.1, 0.15) is 0 Å². The standard InChI is InChI=1S/C15H28N2O2/c1-4-5-7-14(18)12-16-8-6-9-17(11-10-16)15(19)13(2)3/h4,13-14,18H,1,5-12H2,2-3H3/t14-/m0/s1. The second-order valence-corrected chi connectivity index (χ2v) is 5.65. The van der Waals surface area contributed by atoms with Crippen LogP contribution in [0, 0.1) is 5.92 Å². The third kappa shape index (κ3) is 5.74. The second kappa shape index (κ2) is 8.33. The lowest BCUT2D eigenvalue weighted by atomic mass is 10.2. The summed E-state index contributed by atoms with van der Waals surface area (Å²) in [6.07, 6.45) is 4.17. The van der Waals surface area contributed by atoms with Crippen molar-refractivity contribution in [2.24, 2.45) is 5.92 Å². The highest BCUT2D eigenvalue weighted by atomic mass is 16.3. The normalized spacial score (nSPS) is 19.3. The Morgan fingerprint density at radius 1 is 1.32 bits per heavy atom. The van der Waals surface area contributed by atoms with Gasteiger partial charge in [-0.2, -0.15) is 0 Å². The van der Waals surface area contributed by atoms with E-state index in [0.29, 0.717) is 6.54 Å². The number of carbonyl (C=O) groups is 1. The zero-order chi connectivity index (χ0) is 14.3. The smallest absolute Gasteiger partial charge is 0.225 e. The molecule has 0 radical (unpaired) electrons. The number of carbonyl (C=O) groups excluding carboxylic acids is 1. The summed E-state index contributed by atoms with van der Waals surface area (Å²) in [5.74, 6) is 0.318. The molecule has 0 unspecified atom stereocenters. The Morgan fingerprint density at radius 2 is 2.05 bits per heavy atom. The van der Waals surface area contributed by atoms with Crippen LogP contribution in [0.2, 0.25) is 0 Å². The van der Waals surface area contributed by atoms with Gasteiger partial charge in [0.05, 0.1) is 6.10 Å². The Hall–Kier alpha value is -0.870. The average molecular weight is 268 g/mol. The van der Waals surface area contributed by atoms with Gasteiger partial charge in [0, 0.05) is 32.1 Å². The van der Waals surface area contributed by atoms with Gasteiger partial charge in [-0.05, 0) is 25.8 Å². The molecule has 0 aromatic carbocycles. The van der Waals surface area contributed by atoms with E-state index in [-0.39, 0.29) is 17.9 Å². The largest absolute Gasteiger partial charge is 0.392 e. The highest BCUT2D eigenvalue weighted by Crippen LogP contribution is 2.09. The van der Waals surface area contributed by atoms with E-state index in [0.717, 1.165) is 45.4 Å². The Labute approximate surface area is 117 Å². The molecule has 1 aliphatic rings. The molecule has 1 rings (SSSR count). The van der Waals surface area contributed by atoms with Crippen LogP contribution in [0.15, 0.2) is 12.7 Å². The van der Waals surface area contributed by atoms with E-state index in [2.05, 4.69) is 11.5 Å². The van der Waals surface area contributed by atoms with Gasteiger partial charge in [-0.3, -0.25) is 9.69 Å². The molecule has 1 atom stereocenters. The highest BCUT2D eigenvalue weighted by Gasteiger charge is 2.21. The highest BCUT2D eigenvalue weighted by molar-refractivity contribution is 5.78. The van der Waals surface area contributed by atoms with Gasteiger partial charge in [0.15, 0.2) is 0 Å². The number of aliphatic hydroxyl groups is 1. The minimum atomic E-state index is -0.287. The number of allylic oxidation sites excluding steroid dienone is 1. The van der Waals surface area contributed by atoms with Crippen molar-refractivity contribution in [3.05, 3.63) is 12.7 Å². The van der Waals surface area contributed by atoms with Crippen molar-refractivity contribution in [1.82, 2.24) is 9.80 Å². The van der Waals surface area contributed by atoms with Crippen molar-refractivity contribution < 1.29 is 9.90 Å². The number of rotatable bonds is 6. The minimum Gasteiger partial charge on any atom is -0.392 e. The van der Waals surface area contributed by atoms with Crippen LogP contribution in [0.25, 0.3) is 0 Å². The molecule has 1 fully saturated rings. The average Bonchev–Trinajstić information content (AvgIpc) is 2.61. The van der Waals surface area contributed by atoms with Gasteiger partial charge >= 0.3 is 0 Å². The van der Waals surface area contributed by atoms with Crippen LogP contribution in [-0.4, -0.2) is 59.6 Å². The SMILES string of the molecule is C=CCC[C@H](O)CN1CCCN(C(=O)C(C)C)CC1. The zero-order valence-corrected chi connectivity index (χ0v) is 12.3. The molecular weight excluding hydrogens is 240 g/mol. The van der Waals surface area contributed by atoms with Gasteiger partial charge in [0.2, 0.25) is 5.91 Å². The maximum absolute atomic E-state index is 12.0. The summed E-state index contributed by atoms with van der Waals surface area (Å²) < 4.78 is 0. The van der Waals surface area contributed by atoms with Crippen LogP contribution >= 0.6 is 0 Å². The van der Waals surface area contributed by atoms with Gasteiger partial charge in [-0.25, -0.2) is 0 Å². The predicted octanol–water partition coefficient (Wildman–Crippen LogP) is 1.50. The molecule has 0 aliphatic carbocycles. The first-order valence-corrected chi connectivity index (χ1v) is 7.34. The lowest BCUT2D eigenvalue weighted by molar-refractivity contribution is -0.134. The number of amides is 1. The lowest BCUT2D eigenvalue weighted by Crippen LogP contribution is -2.39. The topological polar surface area (TPSA) is 43.8 Å². The van der Waals surface area contributed by atoms with E-state index in [4.69, 9.17) is 0 Å². The Kier molecular flexibility index (Phi) is 7.10. The summed E-state index contributed by atoms with van der Waals surface area (Å²) in [4.78, 5) is 16.2. The molecule has 4 nitrogen and oxygen atoms in total. The van der Waals surface area contributed by atoms with Gasteiger partial charge < -0.3 is 10.0 Å². The van der Waals surface area contributed by atoms with E-state index in [1.807, 2.05) is 24.8 Å².